The fourth-order valence-electron chi connectivity index (χ4n) is 2.93. The van der Waals surface area contributed by atoms with Gasteiger partial charge in [0.15, 0.2) is 0 Å². The van der Waals surface area contributed by atoms with Gasteiger partial charge in [0.05, 0.1) is 11.6 Å². The number of aliphatic hydroxyl groups excluding tert-OH is 1. The molecule has 0 aliphatic carbocycles. The Hall–Kier alpha value is -0.160. The first-order chi connectivity index (χ1) is 6.80. The highest BCUT2D eigenvalue weighted by atomic mass is 16.7. The van der Waals surface area contributed by atoms with Gasteiger partial charge in [0.2, 0.25) is 0 Å². The van der Waals surface area contributed by atoms with Gasteiger partial charge in [0, 0.05) is 19.8 Å². The molecule has 1 N–H and O–H groups in total. The van der Waals surface area contributed by atoms with Gasteiger partial charge in [-0.05, 0) is 25.7 Å². The van der Waals surface area contributed by atoms with Crippen LogP contribution in [-0.2, 0) is 9.57 Å². The van der Waals surface area contributed by atoms with E-state index in [2.05, 4.69) is 5.06 Å². The molecule has 3 aliphatic rings. The molecule has 3 atom stereocenters. The van der Waals surface area contributed by atoms with E-state index in [-0.39, 0.29) is 17.7 Å². The van der Waals surface area contributed by atoms with Crippen LogP contribution in [0.15, 0.2) is 0 Å². The van der Waals surface area contributed by atoms with Gasteiger partial charge in [-0.25, -0.2) is 0 Å². The maximum atomic E-state index is 9.73. The van der Waals surface area contributed by atoms with Crippen molar-refractivity contribution >= 4 is 0 Å². The fourth-order valence-corrected chi connectivity index (χ4v) is 2.93. The average molecular weight is 199 g/mol. The average Bonchev–Trinajstić information content (AvgIpc) is 2.49. The molecule has 3 heterocycles. The van der Waals surface area contributed by atoms with Crippen LogP contribution in [0.5, 0.6) is 0 Å². The maximum Gasteiger partial charge on any atom is 0.107 e. The van der Waals surface area contributed by atoms with Crippen molar-refractivity contribution in [1.29, 1.82) is 0 Å². The minimum atomic E-state index is -0.256. The van der Waals surface area contributed by atoms with Crippen molar-refractivity contribution in [3.05, 3.63) is 0 Å². The van der Waals surface area contributed by atoms with E-state index in [9.17, 15) is 5.11 Å². The van der Waals surface area contributed by atoms with Crippen LogP contribution in [0.1, 0.15) is 25.7 Å². The molecule has 0 aromatic carbocycles. The van der Waals surface area contributed by atoms with Crippen LogP contribution < -0.4 is 0 Å². The topological polar surface area (TPSA) is 41.9 Å². The van der Waals surface area contributed by atoms with Crippen molar-refractivity contribution in [3.8, 4) is 0 Å². The summed E-state index contributed by atoms with van der Waals surface area (Å²) in [5.74, 6) is 0. The standard InChI is InChI=1S/C10H17NO3/c12-8-1-4-11-10(7-9(8)14-11)2-5-13-6-3-10/h8-9,12H,1-7H2/t8-,9-/m1/s1. The van der Waals surface area contributed by atoms with Gasteiger partial charge in [0.1, 0.15) is 6.10 Å². The smallest absolute Gasteiger partial charge is 0.107 e. The Balaban J connectivity index is 1.81. The van der Waals surface area contributed by atoms with E-state index >= 15 is 0 Å². The molecule has 0 saturated carbocycles. The molecular weight excluding hydrogens is 182 g/mol. The quantitative estimate of drug-likeness (QED) is 0.609. The third-order valence-electron chi connectivity index (χ3n) is 3.85. The summed E-state index contributed by atoms with van der Waals surface area (Å²) < 4.78 is 5.39. The van der Waals surface area contributed by atoms with Crippen molar-refractivity contribution in [2.45, 2.75) is 43.4 Å². The predicted octanol–water partition coefficient (Wildman–Crippen LogP) is 0.306. The highest BCUT2D eigenvalue weighted by Crippen LogP contribution is 2.43. The maximum absolute atomic E-state index is 9.73. The molecule has 4 nitrogen and oxygen atoms in total. The summed E-state index contributed by atoms with van der Waals surface area (Å²) in [7, 11) is 0. The normalized spacial score (nSPS) is 45.6. The Morgan fingerprint density at radius 2 is 2.07 bits per heavy atom. The Morgan fingerprint density at radius 3 is 2.79 bits per heavy atom. The number of hydroxylamine groups is 2. The van der Waals surface area contributed by atoms with Gasteiger partial charge >= 0.3 is 0 Å². The number of ether oxygens (including phenoxy) is 1. The van der Waals surface area contributed by atoms with Crippen LogP contribution in [0.3, 0.4) is 0 Å². The monoisotopic (exact) mass is 199 g/mol. The predicted molar refractivity (Wildman–Crippen MR) is 49.6 cm³/mol. The third-order valence-corrected chi connectivity index (χ3v) is 3.85. The summed E-state index contributed by atoms with van der Waals surface area (Å²) in [5.41, 5.74) is 0.181. The van der Waals surface area contributed by atoms with E-state index in [0.717, 1.165) is 45.4 Å². The largest absolute Gasteiger partial charge is 0.390 e. The van der Waals surface area contributed by atoms with E-state index in [1.165, 1.54) is 0 Å². The summed E-state index contributed by atoms with van der Waals surface area (Å²) in [6, 6.07) is 0. The van der Waals surface area contributed by atoms with Gasteiger partial charge < -0.3 is 9.84 Å². The molecule has 1 spiro atoms. The second kappa shape index (κ2) is 3.17. The summed E-state index contributed by atoms with van der Waals surface area (Å²) in [6.45, 7) is 2.54. The van der Waals surface area contributed by atoms with Gasteiger partial charge in [-0.15, -0.1) is 0 Å². The molecule has 3 aliphatic heterocycles. The Kier molecular flexibility index (Phi) is 2.06. The molecule has 1 unspecified atom stereocenters. The SMILES string of the molecule is O[C@@H]1CCN2O[C@@H]1CC21CCOCC1. The number of rotatable bonds is 0. The molecule has 80 valence electrons. The van der Waals surface area contributed by atoms with Crippen molar-refractivity contribution in [2.75, 3.05) is 19.8 Å². The Labute approximate surface area is 83.7 Å². The third kappa shape index (κ3) is 1.21. The second-order valence-electron chi connectivity index (χ2n) is 4.64. The Morgan fingerprint density at radius 1 is 1.29 bits per heavy atom. The van der Waals surface area contributed by atoms with Crippen LogP contribution in [0.25, 0.3) is 0 Å². The molecule has 3 fully saturated rings. The van der Waals surface area contributed by atoms with E-state index in [0.29, 0.717) is 0 Å². The number of aliphatic hydroxyl groups is 1. The van der Waals surface area contributed by atoms with Crippen LogP contribution in [0.4, 0.5) is 0 Å². The first-order valence-electron chi connectivity index (χ1n) is 5.50. The van der Waals surface area contributed by atoms with Crippen molar-refractivity contribution in [3.63, 3.8) is 0 Å². The van der Waals surface area contributed by atoms with Crippen LogP contribution in [0, 0.1) is 0 Å². The molecule has 0 aromatic heterocycles. The zero-order valence-electron chi connectivity index (χ0n) is 8.32. The fraction of sp³-hybridized carbons (Fsp3) is 1.00. The van der Waals surface area contributed by atoms with E-state index in [1.54, 1.807) is 0 Å². The van der Waals surface area contributed by atoms with Crippen LogP contribution in [0.2, 0.25) is 0 Å². The lowest BCUT2D eigenvalue weighted by Gasteiger charge is -2.39. The lowest BCUT2D eigenvalue weighted by atomic mass is 9.85. The Bertz CT molecular complexity index is 227. The lowest BCUT2D eigenvalue weighted by molar-refractivity contribution is -0.242. The van der Waals surface area contributed by atoms with E-state index < -0.39 is 0 Å². The summed E-state index contributed by atoms with van der Waals surface area (Å²) in [5, 5.41) is 11.8. The molecule has 3 saturated heterocycles. The number of nitrogens with zero attached hydrogens (tertiary/aromatic N) is 1. The first kappa shape index (κ1) is 9.09. The molecule has 14 heavy (non-hydrogen) atoms. The molecule has 4 heteroatoms. The van der Waals surface area contributed by atoms with Crippen LogP contribution >= 0.6 is 0 Å². The number of fused-ring (bicyclic) bond motifs is 3. The molecular formula is C10H17NO3. The van der Waals surface area contributed by atoms with Crippen molar-refractivity contribution in [1.82, 2.24) is 5.06 Å². The van der Waals surface area contributed by atoms with Gasteiger partial charge in [-0.3, -0.25) is 4.84 Å². The molecule has 0 radical (unpaired) electrons. The zero-order valence-corrected chi connectivity index (χ0v) is 8.32. The summed E-state index contributed by atoms with van der Waals surface area (Å²) >= 11 is 0. The molecule has 0 aromatic rings. The highest BCUT2D eigenvalue weighted by molar-refractivity contribution is 5.00. The van der Waals surface area contributed by atoms with Crippen LogP contribution in [-0.4, -0.2) is 47.7 Å². The van der Waals surface area contributed by atoms with E-state index in [4.69, 9.17) is 9.57 Å². The minimum absolute atomic E-state index is 0.0434. The van der Waals surface area contributed by atoms with E-state index in [1.807, 2.05) is 0 Å². The number of hydrogen-bond acceptors (Lipinski definition) is 4. The van der Waals surface area contributed by atoms with Gasteiger partial charge in [-0.2, -0.15) is 5.06 Å². The number of hydrogen-bond donors (Lipinski definition) is 1. The highest BCUT2D eigenvalue weighted by Gasteiger charge is 2.52. The zero-order chi connectivity index (χ0) is 9.60. The molecule has 0 amide bonds. The van der Waals surface area contributed by atoms with Crippen molar-refractivity contribution in [2.24, 2.45) is 0 Å². The molecule has 3 rings (SSSR count). The first-order valence-corrected chi connectivity index (χ1v) is 5.50. The van der Waals surface area contributed by atoms with Gasteiger partial charge in [0.25, 0.3) is 0 Å². The molecule has 2 bridgehead atoms. The lowest BCUT2D eigenvalue weighted by Crippen LogP contribution is -2.48. The van der Waals surface area contributed by atoms with Gasteiger partial charge in [-0.1, -0.05) is 0 Å². The van der Waals surface area contributed by atoms with Crippen molar-refractivity contribution < 1.29 is 14.7 Å². The second-order valence-corrected chi connectivity index (χ2v) is 4.64. The summed E-state index contributed by atoms with van der Waals surface area (Å²) in [4.78, 5) is 5.73. The summed E-state index contributed by atoms with van der Waals surface area (Å²) in [6.07, 6.45) is 3.73. The minimum Gasteiger partial charge on any atom is -0.390 e.